The molecular weight excluding hydrogens is 552 g/mol. The van der Waals surface area contributed by atoms with Gasteiger partial charge < -0.3 is 35.5 Å². The zero-order valence-electron chi connectivity index (χ0n) is 24.5. The number of para-hydroxylation sites is 1. The van der Waals surface area contributed by atoms with Crippen molar-refractivity contribution in [2.75, 3.05) is 45.2 Å². The van der Waals surface area contributed by atoms with E-state index in [9.17, 15) is 24.0 Å². The van der Waals surface area contributed by atoms with E-state index in [0.29, 0.717) is 48.3 Å². The van der Waals surface area contributed by atoms with E-state index in [-0.39, 0.29) is 30.1 Å². The van der Waals surface area contributed by atoms with E-state index in [4.69, 9.17) is 0 Å². The number of amides is 5. The van der Waals surface area contributed by atoms with Crippen LogP contribution in [0.25, 0.3) is 10.9 Å². The van der Waals surface area contributed by atoms with Gasteiger partial charge >= 0.3 is 12.1 Å². The first-order valence-electron chi connectivity index (χ1n) is 14.5. The van der Waals surface area contributed by atoms with Crippen molar-refractivity contribution in [2.24, 2.45) is 0 Å². The quantitative estimate of drug-likeness (QED) is 0.152. The van der Waals surface area contributed by atoms with Crippen LogP contribution in [0.3, 0.4) is 0 Å². The Morgan fingerprint density at radius 1 is 0.907 bits per heavy atom. The molecule has 43 heavy (non-hydrogen) atoms. The number of alkyl carbamates (subject to hydrolysis) is 1. The summed E-state index contributed by atoms with van der Waals surface area (Å²) >= 11 is 0. The van der Waals surface area contributed by atoms with Crippen LogP contribution >= 0.6 is 0 Å². The molecule has 0 spiro atoms. The summed E-state index contributed by atoms with van der Waals surface area (Å²) in [6, 6.07) is 13.4. The second-order valence-electron chi connectivity index (χ2n) is 10.4. The first-order chi connectivity index (χ1) is 20.8. The number of urea groups is 1. The van der Waals surface area contributed by atoms with Crippen LogP contribution in [0.4, 0.5) is 15.3 Å². The van der Waals surface area contributed by atoms with Crippen molar-refractivity contribution in [3.05, 3.63) is 65.9 Å². The van der Waals surface area contributed by atoms with E-state index < -0.39 is 17.8 Å². The number of aromatic amines is 1. The fourth-order valence-electron chi connectivity index (χ4n) is 5.13. The molecule has 4 rings (SSSR count). The van der Waals surface area contributed by atoms with E-state index in [0.717, 1.165) is 25.7 Å². The van der Waals surface area contributed by atoms with Crippen LogP contribution in [-0.2, 0) is 9.53 Å². The predicted molar refractivity (Wildman–Crippen MR) is 162 cm³/mol. The number of Topliss-reactive ketones (excluding diaryl/α,β-unsaturated/α-hetero) is 1. The Hall–Kier alpha value is -4.87. The molecule has 1 atom stereocenters. The smallest absolute Gasteiger partial charge is 0.406 e. The Morgan fingerprint density at radius 2 is 1.63 bits per heavy atom. The first kappa shape index (κ1) is 31.1. The number of methoxy groups -OCH3 is 1. The normalized spacial score (nSPS) is 14.7. The van der Waals surface area contributed by atoms with Crippen LogP contribution in [0.1, 0.15) is 53.3 Å². The number of hydrogen-bond donors (Lipinski definition) is 4. The number of ketones is 1. The lowest BCUT2D eigenvalue weighted by molar-refractivity contribution is -0.130. The molecule has 1 fully saturated rings. The fraction of sp³-hybridized carbons (Fsp3) is 0.387. The number of aromatic nitrogens is 1. The number of unbranched alkanes of at least 4 members (excludes halogenated alkanes) is 3. The van der Waals surface area contributed by atoms with Gasteiger partial charge in [-0.05, 0) is 38.0 Å². The number of H-pyrrole nitrogens is 1. The minimum Gasteiger partial charge on any atom is -0.453 e. The largest absolute Gasteiger partial charge is 0.453 e. The zero-order valence-corrected chi connectivity index (χ0v) is 24.5. The van der Waals surface area contributed by atoms with Gasteiger partial charge in [0.1, 0.15) is 0 Å². The van der Waals surface area contributed by atoms with Gasteiger partial charge in [0.05, 0.1) is 23.9 Å². The van der Waals surface area contributed by atoms with Gasteiger partial charge in [-0.25, -0.2) is 9.59 Å². The summed E-state index contributed by atoms with van der Waals surface area (Å²) in [6.45, 7) is 3.77. The Kier molecular flexibility index (Phi) is 10.7. The summed E-state index contributed by atoms with van der Waals surface area (Å²) in [7, 11) is 1.32. The van der Waals surface area contributed by atoms with E-state index >= 15 is 0 Å². The second kappa shape index (κ2) is 14.9. The highest BCUT2D eigenvalue weighted by Gasteiger charge is 2.34. The minimum atomic E-state index is -0.649. The van der Waals surface area contributed by atoms with Gasteiger partial charge in [-0.2, -0.15) is 0 Å². The third-order valence-corrected chi connectivity index (χ3v) is 7.44. The Morgan fingerprint density at radius 3 is 2.33 bits per heavy atom. The number of rotatable bonds is 11. The maximum Gasteiger partial charge on any atom is 0.406 e. The van der Waals surface area contributed by atoms with Gasteiger partial charge in [0.25, 0.3) is 17.6 Å². The standard InChI is InChI=1S/C31H38N6O6/c1-21-20-36(28(39)22-11-6-5-7-12-22)17-18-37(21)29(40)27(38)24-19-34-26-23(24)13-10-14-25(26)35-30(41)32-15-8-3-4-9-16-33-31(42)43-2/h5-7,10-14,19,21,34H,3-4,8-9,15-18,20H2,1-2H3,(H,33,42)(H2,32,35,41)/t21-/m1/s1. The molecule has 2 aromatic carbocycles. The van der Waals surface area contributed by atoms with Crippen molar-refractivity contribution in [3.8, 4) is 0 Å². The molecule has 4 N–H and O–H groups in total. The monoisotopic (exact) mass is 590 g/mol. The molecule has 0 aliphatic carbocycles. The molecule has 3 aromatic rings. The lowest BCUT2D eigenvalue weighted by atomic mass is 10.1. The van der Waals surface area contributed by atoms with Crippen molar-refractivity contribution >= 4 is 46.3 Å². The Bertz CT molecular complexity index is 1460. The molecular formula is C31H38N6O6. The van der Waals surface area contributed by atoms with E-state index in [2.05, 4.69) is 25.7 Å². The maximum absolute atomic E-state index is 13.3. The molecule has 0 unspecified atom stereocenters. The van der Waals surface area contributed by atoms with Crippen molar-refractivity contribution in [3.63, 3.8) is 0 Å². The van der Waals surface area contributed by atoms with Crippen LogP contribution in [-0.4, -0.2) is 90.4 Å². The third-order valence-electron chi connectivity index (χ3n) is 7.44. The summed E-state index contributed by atoms with van der Waals surface area (Å²) in [4.78, 5) is 69.3. The van der Waals surface area contributed by atoms with Crippen LogP contribution in [0.2, 0.25) is 0 Å². The van der Waals surface area contributed by atoms with Gasteiger partial charge in [-0.1, -0.05) is 43.2 Å². The van der Waals surface area contributed by atoms with Crippen molar-refractivity contribution in [1.82, 2.24) is 25.4 Å². The SMILES string of the molecule is COC(=O)NCCCCCCNC(=O)Nc1cccc2c(C(=O)C(=O)N3CCN(C(=O)c4ccccc4)C[C@H]3C)c[nH]c12. The van der Waals surface area contributed by atoms with Crippen LogP contribution < -0.4 is 16.0 Å². The zero-order chi connectivity index (χ0) is 30.8. The van der Waals surface area contributed by atoms with Crippen LogP contribution in [0.15, 0.2) is 54.7 Å². The summed E-state index contributed by atoms with van der Waals surface area (Å²) in [5, 5.41) is 8.79. The molecule has 2 heterocycles. The topological polar surface area (TPSA) is 153 Å². The molecule has 1 aliphatic rings. The van der Waals surface area contributed by atoms with Crippen LogP contribution in [0, 0.1) is 0 Å². The molecule has 1 aromatic heterocycles. The van der Waals surface area contributed by atoms with E-state index in [1.165, 1.54) is 18.2 Å². The lowest BCUT2D eigenvalue weighted by Crippen LogP contribution is -2.56. The molecule has 5 amide bonds. The van der Waals surface area contributed by atoms with Gasteiger partial charge in [0.15, 0.2) is 0 Å². The summed E-state index contributed by atoms with van der Waals surface area (Å²) in [5.74, 6) is -1.38. The highest BCUT2D eigenvalue weighted by atomic mass is 16.5. The third kappa shape index (κ3) is 7.91. The number of carbonyl (C=O) groups is 5. The molecule has 12 nitrogen and oxygen atoms in total. The Balaban J connectivity index is 1.28. The van der Waals surface area contributed by atoms with E-state index in [1.54, 1.807) is 35.2 Å². The lowest BCUT2D eigenvalue weighted by Gasteiger charge is -2.39. The number of anilines is 1. The first-order valence-corrected chi connectivity index (χ1v) is 14.5. The number of nitrogens with one attached hydrogen (secondary N) is 4. The van der Waals surface area contributed by atoms with Gasteiger partial charge in [-0.3, -0.25) is 14.4 Å². The minimum absolute atomic E-state index is 0.100. The highest BCUT2D eigenvalue weighted by Crippen LogP contribution is 2.27. The summed E-state index contributed by atoms with van der Waals surface area (Å²) < 4.78 is 4.52. The van der Waals surface area contributed by atoms with Crippen LogP contribution in [0.5, 0.6) is 0 Å². The number of carbonyl (C=O) groups excluding carboxylic acids is 5. The highest BCUT2D eigenvalue weighted by molar-refractivity contribution is 6.45. The molecule has 1 saturated heterocycles. The molecule has 0 saturated carbocycles. The average molecular weight is 591 g/mol. The second-order valence-corrected chi connectivity index (χ2v) is 10.4. The molecule has 0 bridgehead atoms. The maximum atomic E-state index is 13.3. The van der Waals surface area contributed by atoms with Gasteiger partial charge in [-0.15, -0.1) is 0 Å². The molecule has 1 aliphatic heterocycles. The number of ether oxygens (including phenoxy) is 1. The van der Waals surface area contributed by atoms with Crippen molar-refractivity contribution in [2.45, 2.75) is 38.6 Å². The van der Waals surface area contributed by atoms with Crippen molar-refractivity contribution < 1.29 is 28.7 Å². The molecule has 228 valence electrons. The number of benzene rings is 2. The molecule has 12 heteroatoms. The summed E-state index contributed by atoms with van der Waals surface area (Å²) in [5.41, 5.74) is 1.83. The predicted octanol–water partition coefficient (Wildman–Crippen LogP) is 3.76. The van der Waals surface area contributed by atoms with Gasteiger partial charge in [0.2, 0.25) is 0 Å². The molecule has 0 radical (unpaired) electrons. The van der Waals surface area contributed by atoms with Crippen molar-refractivity contribution in [1.29, 1.82) is 0 Å². The number of fused-ring (bicyclic) bond motifs is 1. The van der Waals surface area contributed by atoms with E-state index in [1.807, 2.05) is 25.1 Å². The summed E-state index contributed by atoms with van der Waals surface area (Å²) in [6.07, 6.45) is 4.45. The Labute approximate surface area is 250 Å². The number of hydrogen-bond acceptors (Lipinski definition) is 6. The average Bonchev–Trinajstić information content (AvgIpc) is 3.46. The fourth-order valence-corrected chi connectivity index (χ4v) is 5.13. The number of nitrogens with zero attached hydrogens (tertiary/aromatic N) is 2. The van der Waals surface area contributed by atoms with Gasteiger partial charge in [0, 0.05) is 55.9 Å². The number of piperazine rings is 1.